The van der Waals surface area contributed by atoms with Crippen LogP contribution in [0.15, 0.2) is 12.1 Å². The summed E-state index contributed by atoms with van der Waals surface area (Å²) in [5.41, 5.74) is 0.942. The lowest BCUT2D eigenvalue weighted by Crippen LogP contribution is -2.26. The van der Waals surface area contributed by atoms with Gasteiger partial charge in [0.2, 0.25) is 5.91 Å². The average Bonchev–Trinajstić information content (AvgIpc) is 2.51. The molecule has 1 atom stereocenters. The fourth-order valence-electron chi connectivity index (χ4n) is 1.98. The van der Waals surface area contributed by atoms with Crippen molar-refractivity contribution in [3.63, 3.8) is 0 Å². The molecular formula is C16H23ClFNO2. The first-order valence-electron chi connectivity index (χ1n) is 7.18. The molecule has 118 valence electrons. The van der Waals surface area contributed by atoms with Crippen LogP contribution in [0.5, 0.6) is 0 Å². The quantitative estimate of drug-likeness (QED) is 0.810. The maximum atomic E-state index is 13.8. The molecule has 1 aromatic rings. The van der Waals surface area contributed by atoms with Crippen LogP contribution in [0.3, 0.4) is 0 Å². The molecule has 0 saturated heterocycles. The Morgan fingerprint density at radius 3 is 2.52 bits per heavy atom. The summed E-state index contributed by atoms with van der Waals surface area (Å²) in [6.07, 6.45) is 1.81. The van der Waals surface area contributed by atoms with Gasteiger partial charge in [-0.15, -0.1) is 0 Å². The number of aldehydes is 1. The van der Waals surface area contributed by atoms with E-state index in [2.05, 4.69) is 5.32 Å². The molecule has 0 spiro atoms. The van der Waals surface area contributed by atoms with E-state index in [4.69, 9.17) is 11.6 Å². The summed E-state index contributed by atoms with van der Waals surface area (Å²) in [7, 11) is 1.50. The van der Waals surface area contributed by atoms with Gasteiger partial charge in [0.15, 0.2) is 0 Å². The second-order valence-corrected chi connectivity index (χ2v) is 4.64. The minimum atomic E-state index is -0.608. The molecule has 1 rings (SSSR count). The lowest BCUT2D eigenvalue weighted by molar-refractivity contribution is -0.122. The molecule has 0 saturated carbocycles. The molecule has 0 aliphatic heterocycles. The van der Waals surface area contributed by atoms with Gasteiger partial charge in [-0.3, -0.25) is 4.79 Å². The van der Waals surface area contributed by atoms with Gasteiger partial charge in [-0.05, 0) is 36.1 Å². The molecule has 0 radical (unpaired) electrons. The fraction of sp³-hybridized carbons (Fsp3) is 0.500. The first kappa shape index (κ1) is 19.6. The van der Waals surface area contributed by atoms with Crippen LogP contribution in [0.2, 0.25) is 5.02 Å². The minimum absolute atomic E-state index is 0.228. The van der Waals surface area contributed by atoms with Crippen LogP contribution < -0.4 is 5.32 Å². The lowest BCUT2D eigenvalue weighted by atomic mass is 9.92. The largest absolute Gasteiger partial charge is 0.359 e. The van der Waals surface area contributed by atoms with Crippen LogP contribution in [0.4, 0.5) is 4.39 Å². The highest BCUT2D eigenvalue weighted by atomic mass is 35.5. The number of carbonyl (C=O) groups excluding carboxylic acids is 2. The maximum absolute atomic E-state index is 13.8. The van der Waals surface area contributed by atoms with Crippen molar-refractivity contribution in [2.24, 2.45) is 0 Å². The van der Waals surface area contributed by atoms with Crippen LogP contribution in [0, 0.1) is 5.82 Å². The highest BCUT2D eigenvalue weighted by molar-refractivity contribution is 6.31. The predicted molar refractivity (Wildman–Crippen MR) is 84.2 cm³/mol. The van der Waals surface area contributed by atoms with E-state index in [9.17, 15) is 14.0 Å². The van der Waals surface area contributed by atoms with Gasteiger partial charge in [0, 0.05) is 18.5 Å². The summed E-state index contributed by atoms with van der Waals surface area (Å²) < 4.78 is 13.8. The smallest absolute Gasteiger partial charge is 0.227 e. The van der Waals surface area contributed by atoms with Crippen LogP contribution in [-0.2, 0) is 16.0 Å². The summed E-state index contributed by atoms with van der Waals surface area (Å²) >= 11 is 6.12. The fourth-order valence-corrected chi connectivity index (χ4v) is 2.30. The van der Waals surface area contributed by atoms with E-state index >= 15 is 0 Å². The SMILES string of the molecule is CC.CCc1cc(Cl)c(C(CCC=O)C(=O)NC)cc1F. The highest BCUT2D eigenvalue weighted by Crippen LogP contribution is 2.30. The first-order valence-corrected chi connectivity index (χ1v) is 7.55. The zero-order valence-corrected chi connectivity index (χ0v) is 13.8. The van der Waals surface area contributed by atoms with Gasteiger partial charge in [-0.1, -0.05) is 32.4 Å². The Labute approximate surface area is 130 Å². The van der Waals surface area contributed by atoms with Gasteiger partial charge in [0.1, 0.15) is 12.1 Å². The third-order valence-corrected chi connectivity index (χ3v) is 3.39. The molecule has 3 nitrogen and oxygen atoms in total. The number of halogens is 2. The van der Waals surface area contributed by atoms with Crippen molar-refractivity contribution < 1.29 is 14.0 Å². The Balaban J connectivity index is 0.00000191. The summed E-state index contributed by atoms with van der Waals surface area (Å²) in [4.78, 5) is 22.3. The Morgan fingerprint density at radius 1 is 1.43 bits per heavy atom. The number of hydrogen-bond donors (Lipinski definition) is 1. The predicted octanol–water partition coefficient (Wildman–Crippen LogP) is 3.88. The number of likely N-dealkylation sites (N-methyl/N-ethyl adjacent to an activating group) is 1. The van der Waals surface area contributed by atoms with Crippen molar-refractivity contribution in [3.05, 3.63) is 34.1 Å². The third kappa shape index (κ3) is 5.46. The van der Waals surface area contributed by atoms with E-state index in [0.717, 1.165) is 6.29 Å². The molecule has 21 heavy (non-hydrogen) atoms. The molecule has 1 unspecified atom stereocenters. The molecule has 1 aromatic carbocycles. The molecule has 1 amide bonds. The standard InChI is InChI=1S/C14H17ClFNO2.C2H6/c1-3-9-7-12(15)11(8-13(9)16)10(5-4-6-18)14(19)17-2;1-2/h6-8,10H,3-5H2,1-2H3,(H,17,19);1-2H3. The van der Waals surface area contributed by atoms with Gasteiger partial charge in [0.25, 0.3) is 0 Å². The van der Waals surface area contributed by atoms with E-state index in [1.54, 1.807) is 6.07 Å². The number of amides is 1. The molecular weight excluding hydrogens is 293 g/mol. The molecule has 1 N–H and O–H groups in total. The van der Waals surface area contributed by atoms with Gasteiger partial charge < -0.3 is 10.1 Å². The van der Waals surface area contributed by atoms with Crippen LogP contribution in [0.25, 0.3) is 0 Å². The summed E-state index contributed by atoms with van der Waals surface area (Å²) in [6.45, 7) is 5.83. The molecule has 0 aromatic heterocycles. The van der Waals surface area contributed by atoms with Crippen LogP contribution in [-0.4, -0.2) is 19.2 Å². The van der Waals surface area contributed by atoms with Crippen molar-refractivity contribution in [2.45, 2.75) is 46.0 Å². The number of benzene rings is 1. The number of nitrogens with one attached hydrogen (secondary N) is 1. The van der Waals surface area contributed by atoms with Crippen molar-refractivity contribution >= 4 is 23.8 Å². The average molecular weight is 316 g/mol. The Kier molecular flexibility index (Phi) is 9.63. The van der Waals surface area contributed by atoms with E-state index in [0.29, 0.717) is 29.0 Å². The Hall–Kier alpha value is -1.42. The molecule has 0 aliphatic carbocycles. The van der Waals surface area contributed by atoms with E-state index in [-0.39, 0.29) is 18.1 Å². The monoisotopic (exact) mass is 315 g/mol. The minimum Gasteiger partial charge on any atom is -0.359 e. The van der Waals surface area contributed by atoms with Crippen LogP contribution >= 0.6 is 11.6 Å². The molecule has 0 aliphatic rings. The van der Waals surface area contributed by atoms with E-state index in [1.807, 2.05) is 20.8 Å². The van der Waals surface area contributed by atoms with Crippen molar-refractivity contribution in [1.29, 1.82) is 0 Å². The van der Waals surface area contributed by atoms with Crippen molar-refractivity contribution in [2.75, 3.05) is 7.05 Å². The Morgan fingerprint density at radius 2 is 2.05 bits per heavy atom. The number of hydrogen-bond acceptors (Lipinski definition) is 2. The number of rotatable bonds is 6. The molecule has 0 fully saturated rings. The normalized spacial score (nSPS) is 11.1. The molecule has 0 bridgehead atoms. The zero-order valence-electron chi connectivity index (χ0n) is 13.0. The number of carbonyl (C=O) groups is 2. The third-order valence-electron chi connectivity index (χ3n) is 3.06. The van der Waals surface area contributed by atoms with E-state index in [1.165, 1.54) is 13.1 Å². The maximum Gasteiger partial charge on any atom is 0.227 e. The van der Waals surface area contributed by atoms with Gasteiger partial charge in [0.05, 0.1) is 5.92 Å². The van der Waals surface area contributed by atoms with E-state index < -0.39 is 5.92 Å². The molecule has 0 heterocycles. The number of aryl methyl sites for hydroxylation is 1. The first-order chi connectivity index (χ1) is 10.0. The van der Waals surface area contributed by atoms with Crippen molar-refractivity contribution in [1.82, 2.24) is 5.32 Å². The topological polar surface area (TPSA) is 46.2 Å². The second kappa shape index (κ2) is 10.3. The summed E-state index contributed by atoms with van der Waals surface area (Å²) in [5.74, 6) is -1.25. The van der Waals surface area contributed by atoms with Crippen LogP contribution in [0.1, 0.15) is 50.7 Å². The highest BCUT2D eigenvalue weighted by Gasteiger charge is 2.23. The summed E-state index contributed by atoms with van der Waals surface area (Å²) in [5, 5.41) is 2.87. The lowest BCUT2D eigenvalue weighted by Gasteiger charge is -2.17. The Bertz CT molecular complexity index is 478. The zero-order chi connectivity index (χ0) is 16.4. The van der Waals surface area contributed by atoms with Crippen molar-refractivity contribution in [3.8, 4) is 0 Å². The summed E-state index contributed by atoms with van der Waals surface area (Å²) in [6, 6.07) is 2.84. The second-order valence-electron chi connectivity index (χ2n) is 4.23. The van der Waals surface area contributed by atoms with Gasteiger partial charge in [-0.25, -0.2) is 4.39 Å². The molecule has 5 heteroatoms. The van der Waals surface area contributed by atoms with Gasteiger partial charge >= 0.3 is 0 Å². The van der Waals surface area contributed by atoms with Gasteiger partial charge in [-0.2, -0.15) is 0 Å².